The summed E-state index contributed by atoms with van der Waals surface area (Å²) < 4.78 is 0.0958. The Labute approximate surface area is 133 Å². The van der Waals surface area contributed by atoms with Crippen LogP contribution in [0.3, 0.4) is 0 Å². The van der Waals surface area contributed by atoms with Crippen molar-refractivity contribution >= 4 is 45.3 Å². The molecule has 0 aromatic carbocycles. The number of thiophene rings is 1. The molecule has 1 nitrogen and oxygen atoms in total. The van der Waals surface area contributed by atoms with Crippen molar-refractivity contribution in [1.29, 1.82) is 0 Å². The topological polar surface area (TPSA) is 12.4 Å². The maximum atomic E-state index is 4.89. The smallest absolute Gasteiger partial charge is 0.0778 e. The van der Waals surface area contributed by atoms with Crippen molar-refractivity contribution in [2.24, 2.45) is 10.9 Å². The monoisotopic (exact) mass is 383 g/mol. The molecule has 1 atom stereocenters. The van der Waals surface area contributed by atoms with Gasteiger partial charge in [-0.1, -0.05) is 53.8 Å². The molecule has 0 aliphatic heterocycles. The lowest BCUT2D eigenvalue weighted by Gasteiger charge is -2.15. The van der Waals surface area contributed by atoms with Gasteiger partial charge >= 0.3 is 0 Å². The fourth-order valence-electron chi connectivity index (χ4n) is 1.82. The van der Waals surface area contributed by atoms with E-state index in [1.807, 2.05) is 0 Å². The van der Waals surface area contributed by atoms with E-state index in [1.165, 1.54) is 4.88 Å². The van der Waals surface area contributed by atoms with Gasteiger partial charge in [-0.2, -0.15) is 0 Å². The molecular formula is C16H18INS. The summed E-state index contributed by atoms with van der Waals surface area (Å²) in [4.78, 5) is 6.12. The number of alkyl halides is 1. The molecule has 3 heteroatoms. The fraction of sp³-hybridized carbons (Fsp3) is 0.312. The standard InChI is InChI=1S/C16H18INS/c1-12-7-4-5-8-13(12)18-14(11-16(2,3)17)15-9-6-10-19-15/h4-12H,1-3H3/b14-11-,18-13?. The molecule has 0 N–H and O–H groups in total. The van der Waals surface area contributed by atoms with E-state index in [-0.39, 0.29) is 3.42 Å². The minimum absolute atomic E-state index is 0.0958. The van der Waals surface area contributed by atoms with Crippen LogP contribution in [-0.4, -0.2) is 9.13 Å². The van der Waals surface area contributed by atoms with E-state index >= 15 is 0 Å². The van der Waals surface area contributed by atoms with Crippen molar-refractivity contribution < 1.29 is 0 Å². The Morgan fingerprint density at radius 2 is 2.21 bits per heavy atom. The molecule has 0 saturated heterocycles. The molecule has 0 amide bonds. The summed E-state index contributed by atoms with van der Waals surface area (Å²) in [6.07, 6.45) is 10.7. The Morgan fingerprint density at radius 1 is 1.42 bits per heavy atom. The van der Waals surface area contributed by atoms with Gasteiger partial charge in [0.25, 0.3) is 0 Å². The Bertz CT molecular complexity index is 542. The first kappa shape index (κ1) is 14.7. The fourth-order valence-corrected chi connectivity index (χ4v) is 2.80. The third kappa shape index (κ3) is 4.42. The molecule has 1 aromatic rings. The quantitative estimate of drug-likeness (QED) is 0.482. The number of nitrogens with zero attached hydrogens (tertiary/aromatic N) is 1. The first-order valence-electron chi connectivity index (χ1n) is 6.35. The molecule has 1 aliphatic rings. The average molecular weight is 383 g/mol. The molecule has 0 radical (unpaired) electrons. The van der Waals surface area contributed by atoms with Crippen molar-refractivity contribution in [1.82, 2.24) is 0 Å². The highest BCUT2D eigenvalue weighted by atomic mass is 127. The van der Waals surface area contributed by atoms with Gasteiger partial charge in [-0.05, 0) is 37.4 Å². The van der Waals surface area contributed by atoms with E-state index in [2.05, 4.69) is 91.3 Å². The molecule has 0 bridgehead atoms. The molecule has 1 heterocycles. The summed E-state index contributed by atoms with van der Waals surface area (Å²) in [5.74, 6) is 0.380. The number of hydrogen-bond donors (Lipinski definition) is 0. The van der Waals surface area contributed by atoms with Crippen LogP contribution in [0, 0.1) is 5.92 Å². The van der Waals surface area contributed by atoms with Crippen LogP contribution in [0.5, 0.6) is 0 Å². The molecule has 0 saturated carbocycles. The van der Waals surface area contributed by atoms with E-state index in [9.17, 15) is 0 Å². The summed E-state index contributed by atoms with van der Waals surface area (Å²) in [7, 11) is 0. The summed E-state index contributed by atoms with van der Waals surface area (Å²) in [5, 5.41) is 2.10. The highest BCUT2D eigenvalue weighted by molar-refractivity contribution is 14.1. The van der Waals surface area contributed by atoms with Crippen LogP contribution in [0.25, 0.3) is 5.70 Å². The van der Waals surface area contributed by atoms with E-state index in [1.54, 1.807) is 11.3 Å². The van der Waals surface area contributed by atoms with E-state index in [4.69, 9.17) is 4.99 Å². The van der Waals surface area contributed by atoms with Crippen LogP contribution in [0.2, 0.25) is 0 Å². The van der Waals surface area contributed by atoms with Crippen LogP contribution in [0.1, 0.15) is 25.6 Å². The van der Waals surface area contributed by atoms with Crippen LogP contribution in [0.4, 0.5) is 0 Å². The predicted molar refractivity (Wildman–Crippen MR) is 95.3 cm³/mol. The maximum Gasteiger partial charge on any atom is 0.0778 e. The highest BCUT2D eigenvalue weighted by Crippen LogP contribution is 2.29. The first-order chi connectivity index (χ1) is 8.96. The molecular weight excluding hydrogens is 365 g/mol. The molecule has 1 aliphatic carbocycles. The lowest BCUT2D eigenvalue weighted by Crippen LogP contribution is -2.09. The lowest BCUT2D eigenvalue weighted by atomic mass is 10.0. The second kappa shape index (κ2) is 6.18. The zero-order valence-electron chi connectivity index (χ0n) is 11.4. The number of halogens is 1. The normalized spacial score (nSPS) is 22.2. The van der Waals surface area contributed by atoms with Gasteiger partial charge in [-0.3, -0.25) is 4.99 Å². The van der Waals surface area contributed by atoms with Crippen molar-refractivity contribution in [3.05, 3.63) is 52.8 Å². The first-order valence-corrected chi connectivity index (χ1v) is 8.31. The van der Waals surface area contributed by atoms with Gasteiger partial charge in [-0.15, -0.1) is 11.3 Å². The Kier molecular flexibility index (Phi) is 4.79. The third-order valence-electron chi connectivity index (χ3n) is 2.75. The Hall–Kier alpha value is -0.680. The number of aliphatic imine (C=N–C) groups is 1. The Balaban J connectivity index is 2.40. The molecule has 0 fully saturated rings. The number of allylic oxidation sites excluding steroid dienone is 5. The van der Waals surface area contributed by atoms with Crippen LogP contribution in [-0.2, 0) is 0 Å². The van der Waals surface area contributed by atoms with Crippen molar-refractivity contribution in [3.63, 3.8) is 0 Å². The van der Waals surface area contributed by atoms with Gasteiger partial charge in [0.15, 0.2) is 0 Å². The van der Waals surface area contributed by atoms with Gasteiger partial charge in [0.1, 0.15) is 0 Å². The molecule has 1 unspecified atom stereocenters. The second-order valence-corrected chi connectivity index (χ2v) is 8.87. The molecule has 2 rings (SSSR count). The van der Waals surface area contributed by atoms with Crippen molar-refractivity contribution in [3.8, 4) is 0 Å². The molecule has 1 aromatic heterocycles. The summed E-state index contributed by atoms with van der Waals surface area (Å²) >= 11 is 4.18. The summed E-state index contributed by atoms with van der Waals surface area (Å²) in [6.45, 7) is 6.57. The number of rotatable bonds is 3. The lowest BCUT2D eigenvalue weighted by molar-refractivity contribution is 0.943. The number of hydrogen-bond acceptors (Lipinski definition) is 2. The van der Waals surface area contributed by atoms with Gasteiger partial charge in [0, 0.05) is 15.1 Å². The molecule has 100 valence electrons. The van der Waals surface area contributed by atoms with Crippen LogP contribution in [0.15, 0.2) is 52.9 Å². The SMILES string of the molecule is CC1C=CC=CC1=N/C(=C\C(C)(C)I)c1cccs1. The van der Waals surface area contributed by atoms with Gasteiger partial charge in [-0.25, -0.2) is 0 Å². The summed E-state index contributed by atoms with van der Waals surface area (Å²) in [6, 6.07) is 4.21. The zero-order valence-corrected chi connectivity index (χ0v) is 14.4. The average Bonchev–Trinajstić information content (AvgIpc) is 2.83. The van der Waals surface area contributed by atoms with E-state index in [0.717, 1.165) is 11.4 Å². The van der Waals surface area contributed by atoms with Crippen molar-refractivity contribution in [2.45, 2.75) is 24.2 Å². The largest absolute Gasteiger partial charge is 0.252 e. The van der Waals surface area contributed by atoms with E-state index < -0.39 is 0 Å². The maximum absolute atomic E-state index is 4.89. The van der Waals surface area contributed by atoms with Crippen molar-refractivity contribution in [2.75, 3.05) is 0 Å². The van der Waals surface area contributed by atoms with Gasteiger partial charge in [0.2, 0.25) is 0 Å². The van der Waals surface area contributed by atoms with E-state index in [0.29, 0.717) is 5.92 Å². The second-order valence-electron chi connectivity index (χ2n) is 5.14. The molecule has 0 spiro atoms. The summed E-state index contributed by atoms with van der Waals surface area (Å²) in [5.41, 5.74) is 2.21. The molecule has 19 heavy (non-hydrogen) atoms. The van der Waals surface area contributed by atoms with Crippen LogP contribution >= 0.6 is 33.9 Å². The zero-order chi connectivity index (χ0) is 13.9. The third-order valence-corrected chi connectivity index (χ3v) is 3.95. The Morgan fingerprint density at radius 3 is 2.79 bits per heavy atom. The minimum atomic E-state index is 0.0958. The highest BCUT2D eigenvalue weighted by Gasteiger charge is 2.14. The van der Waals surface area contributed by atoms with Crippen LogP contribution < -0.4 is 0 Å². The minimum Gasteiger partial charge on any atom is -0.252 e. The van der Waals surface area contributed by atoms with Gasteiger partial charge in [0.05, 0.1) is 10.6 Å². The predicted octanol–water partition coefficient (Wildman–Crippen LogP) is 5.51. The van der Waals surface area contributed by atoms with Gasteiger partial charge < -0.3 is 0 Å².